The molecule has 0 aromatic heterocycles. The van der Waals surface area contributed by atoms with E-state index in [2.05, 4.69) is 0 Å². The molecule has 0 heterocycles. The zero-order valence-corrected chi connectivity index (χ0v) is 11.2. The normalized spacial score (nSPS) is 17.5. The van der Waals surface area contributed by atoms with Crippen LogP contribution in [0.2, 0.25) is 5.02 Å². The Morgan fingerprint density at radius 2 is 1.82 bits per heavy atom. The molecule has 0 atom stereocenters. The predicted octanol–water partition coefficient (Wildman–Crippen LogP) is 3.00. The molecule has 0 radical (unpaired) electrons. The Kier molecular flexibility index (Phi) is 3.23. The van der Waals surface area contributed by atoms with Gasteiger partial charge in [0.15, 0.2) is 0 Å². The summed E-state index contributed by atoms with van der Waals surface area (Å²) in [5.41, 5.74) is 7.97. The summed E-state index contributed by atoms with van der Waals surface area (Å²) in [7, 11) is 3.26. The van der Waals surface area contributed by atoms with Gasteiger partial charge in [-0.3, -0.25) is 0 Å². The van der Waals surface area contributed by atoms with E-state index in [4.69, 9.17) is 26.8 Å². The molecule has 0 spiro atoms. The van der Waals surface area contributed by atoms with E-state index in [1.54, 1.807) is 14.2 Å². The minimum absolute atomic E-state index is 0.286. The molecule has 1 saturated carbocycles. The fourth-order valence-electron chi connectivity index (χ4n) is 2.45. The molecule has 1 aromatic rings. The summed E-state index contributed by atoms with van der Waals surface area (Å²) in [6.07, 6.45) is 3.11. The quantitative estimate of drug-likeness (QED) is 0.903. The SMILES string of the molecule is COc1c(Cl)cc(C2(N)CCC2)c(OC)c1C. The first-order valence-electron chi connectivity index (χ1n) is 5.74. The largest absolute Gasteiger partial charge is 0.496 e. The molecular formula is C13H18ClNO2. The van der Waals surface area contributed by atoms with E-state index in [0.29, 0.717) is 10.8 Å². The zero-order chi connectivity index (χ0) is 12.6. The standard InChI is InChI=1S/C13H18ClNO2/c1-8-11(16-2)9(13(15)5-4-6-13)7-10(14)12(8)17-3/h7H,4-6,15H2,1-3H3. The van der Waals surface area contributed by atoms with Gasteiger partial charge in [-0.25, -0.2) is 0 Å². The monoisotopic (exact) mass is 255 g/mol. The van der Waals surface area contributed by atoms with Crippen LogP contribution in [0.15, 0.2) is 6.07 Å². The van der Waals surface area contributed by atoms with Crippen molar-refractivity contribution in [1.82, 2.24) is 0 Å². The number of hydrogen-bond acceptors (Lipinski definition) is 3. The lowest BCUT2D eigenvalue weighted by Gasteiger charge is -2.40. The highest BCUT2D eigenvalue weighted by molar-refractivity contribution is 6.32. The second kappa shape index (κ2) is 4.39. The minimum Gasteiger partial charge on any atom is -0.496 e. The van der Waals surface area contributed by atoms with Gasteiger partial charge in [0, 0.05) is 16.7 Å². The van der Waals surface area contributed by atoms with Crippen LogP contribution in [0.5, 0.6) is 11.5 Å². The number of methoxy groups -OCH3 is 2. The van der Waals surface area contributed by atoms with Gasteiger partial charge in [0.05, 0.1) is 19.2 Å². The molecule has 1 fully saturated rings. The average Bonchev–Trinajstić information content (AvgIpc) is 2.26. The predicted molar refractivity (Wildman–Crippen MR) is 69.0 cm³/mol. The Morgan fingerprint density at radius 1 is 1.24 bits per heavy atom. The van der Waals surface area contributed by atoms with Crippen molar-refractivity contribution in [2.24, 2.45) is 5.73 Å². The van der Waals surface area contributed by atoms with E-state index in [9.17, 15) is 0 Å². The van der Waals surface area contributed by atoms with Gasteiger partial charge in [0.25, 0.3) is 0 Å². The van der Waals surface area contributed by atoms with Crippen molar-refractivity contribution < 1.29 is 9.47 Å². The Labute approximate surface area is 107 Å². The van der Waals surface area contributed by atoms with Crippen molar-refractivity contribution in [2.75, 3.05) is 14.2 Å². The van der Waals surface area contributed by atoms with Crippen molar-refractivity contribution in [3.8, 4) is 11.5 Å². The molecule has 2 rings (SSSR count). The molecule has 0 amide bonds. The minimum atomic E-state index is -0.286. The molecule has 3 nitrogen and oxygen atoms in total. The van der Waals surface area contributed by atoms with Gasteiger partial charge in [-0.2, -0.15) is 0 Å². The summed E-state index contributed by atoms with van der Waals surface area (Å²) < 4.78 is 10.8. The molecule has 17 heavy (non-hydrogen) atoms. The Bertz CT molecular complexity index is 442. The average molecular weight is 256 g/mol. The third kappa shape index (κ3) is 1.87. The number of rotatable bonds is 3. The molecule has 0 bridgehead atoms. The summed E-state index contributed by atoms with van der Waals surface area (Å²) >= 11 is 6.21. The van der Waals surface area contributed by atoms with Crippen LogP contribution in [0.1, 0.15) is 30.4 Å². The van der Waals surface area contributed by atoms with Crippen molar-refractivity contribution >= 4 is 11.6 Å². The fraction of sp³-hybridized carbons (Fsp3) is 0.538. The second-order valence-corrected chi connectivity index (χ2v) is 5.01. The van der Waals surface area contributed by atoms with Crippen molar-refractivity contribution in [3.63, 3.8) is 0 Å². The second-order valence-electron chi connectivity index (χ2n) is 4.61. The molecule has 0 saturated heterocycles. The zero-order valence-electron chi connectivity index (χ0n) is 10.5. The summed E-state index contributed by atoms with van der Waals surface area (Å²) in [5, 5.41) is 0.595. The molecule has 1 aromatic carbocycles. The molecule has 0 aliphatic heterocycles. The van der Waals surface area contributed by atoms with E-state index in [-0.39, 0.29) is 5.54 Å². The first kappa shape index (κ1) is 12.5. The van der Waals surface area contributed by atoms with Crippen LogP contribution in [-0.2, 0) is 5.54 Å². The Balaban J connectivity index is 2.59. The van der Waals surface area contributed by atoms with Crippen molar-refractivity contribution in [3.05, 3.63) is 22.2 Å². The summed E-state index contributed by atoms with van der Waals surface area (Å²) in [6, 6.07) is 1.88. The molecule has 2 N–H and O–H groups in total. The third-order valence-corrected chi connectivity index (χ3v) is 3.88. The molecule has 1 aliphatic rings. The Hall–Kier alpha value is -0.930. The third-order valence-electron chi connectivity index (χ3n) is 3.60. The maximum atomic E-state index is 6.35. The topological polar surface area (TPSA) is 44.5 Å². The van der Waals surface area contributed by atoms with Gasteiger partial charge in [-0.1, -0.05) is 11.6 Å². The summed E-state index contributed by atoms with van der Waals surface area (Å²) in [4.78, 5) is 0. The van der Waals surface area contributed by atoms with Crippen LogP contribution in [0.25, 0.3) is 0 Å². The van der Waals surface area contributed by atoms with E-state index in [1.807, 2.05) is 13.0 Å². The van der Waals surface area contributed by atoms with Crippen LogP contribution < -0.4 is 15.2 Å². The van der Waals surface area contributed by atoms with Gasteiger partial charge >= 0.3 is 0 Å². The summed E-state index contributed by atoms with van der Waals surface area (Å²) in [5.74, 6) is 1.46. The highest BCUT2D eigenvalue weighted by Crippen LogP contribution is 2.47. The van der Waals surface area contributed by atoms with Crippen LogP contribution >= 0.6 is 11.6 Å². The number of ether oxygens (including phenoxy) is 2. The maximum Gasteiger partial charge on any atom is 0.144 e. The Morgan fingerprint density at radius 3 is 2.24 bits per heavy atom. The van der Waals surface area contributed by atoms with Gasteiger partial charge in [0.1, 0.15) is 11.5 Å². The number of nitrogens with two attached hydrogens (primary N) is 1. The van der Waals surface area contributed by atoms with Crippen LogP contribution in [0.4, 0.5) is 0 Å². The van der Waals surface area contributed by atoms with Gasteiger partial charge in [-0.05, 0) is 32.3 Å². The van der Waals surface area contributed by atoms with E-state index < -0.39 is 0 Å². The summed E-state index contributed by atoms with van der Waals surface area (Å²) in [6.45, 7) is 1.94. The van der Waals surface area contributed by atoms with Gasteiger partial charge in [-0.15, -0.1) is 0 Å². The van der Waals surface area contributed by atoms with Crippen LogP contribution in [-0.4, -0.2) is 14.2 Å². The fourth-order valence-corrected chi connectivity index (χ4v) is 2.78. The number of benzene rings is 1. The lowest BCUT2D eigenvalue weighted by Crippen LogP contribution is -2.43. The maximum absolute atomic E-state index is 6.35. The molecule has 4 heteroatoms. The van der Waals surface area contributed by atoms with E-state index >= 15 is 0 Å². The molecule has 94 valence electrons. The van der Waals surface area contributed by atoms with Gasteiger partial charge in [0.2, 0.25) is 0 Å². The van der Waals surface area contributed by atoms with Gasteiger partial charge < -0.3 is 15.2 Å². The van der Waals surface area contributed by atoms with Crippen molar-refractivity contribution in [1.29, 1.82) is 0 Å². The molecular weight excluding hydrogens is 238 g/mol. The first-order valence-corrected chi connectivity index (χ1v) is 6.11. The van der Waals surface area contributed by atoms with Crippen molar-refractivity contribution in [2.45, 2.75) is 31.7 Å². The smallest absolute Gasteiger partial charge is 0.144 e. The van der Waals surface area contributed by atoms with Crippen LogP contribution in [0.3, 0.4) is 0 Å². The van der Waals surface area contributed by atoms with E-state index in [0.717, 1.165) is 36.1 Å². The lowest BCUT2D eigenvalue weighted by molar-refractivity contribution is 0.243. The van der Waals surface area contributed by atoms with E-state index in [1.165, 1.54) is 0 Å². The number of hydrogen-bond donors (Lipinski definition) is 1. The molecule has 0 unspecified atom stereocenters. The molecule has 1 aliphatic carbocycles. The highest BCUT2D eigenvalue weighted by Gasteiger charge is 2.38. The lowest BCUT2D eigenvalue weighted by atomic mass is 9.72. The van der Waals surface area contributed by atoms with Crippen LogP contribution in [0, 0.1) is 6.92 Å². The first-order chi connectivity index (χ1) is 8.03. The number of halogens is 1. The highest BCUT2D eigenvalue weighted by atomic mass is 35.5.